The van der Waals surface area contributed by atoms with Gasteiger partial charge in [-0.3, -0.25) is 4.79 Å². The molecule has 3 aromatic rings. The van der Waals surface area contributed by atoms with Gasteiger partial charge < -0.3 is 14.2 Å². The lowest BCUT2D eigenvalue weighted by Crippen LogP contribution is -2.12. The van der Waals surface area contributed by atoms with E-state index in [0.29, 0.717) is 27.8 Å². The van der Waals surface area contributed by atoms with Gasteiger partial charge in [-0.2, -0.15) is 0 Å². The first-order chi connectivity index (χ1) is 14.5. The Kier molecular flexibility index (Phi) is 6.88. The topological polar surface area (TPSA) is 61.8 Å². The van der Waals surface area contributed by atoms with E-state index >= 15 is 0 Å². The van der Waals surface area contributed by atoms with Gasteiger partial charge in [-0.25, -0.2) is 4.79 Å². The quantitative estimate of drug-likeness (QED) is 0.218. The zero-order valence-corrected chi connectivity index (χ0v) is 17.2. The number of esters is 1. The summed E-state index contributed by atoms with van der Waals surface area (Å²) in [6.07, 6.45) is 3.19. The van der Waals surface area contributed by atoms with Crippen LogP contribution in [0.1, 0.15) is 26.3 Å². The average Bonchev–Trinajstić information content (AvgIpc) is 2.78. The standard InChI is InChI=1S/C24H19ClO5/c1-28-21-4-3-5-22(29-2)23(21)24(27)30-19-13-9-17(10-14-19)20(26)15-8-16-6-11-18(25)12-7-16/h3-15H,1-2H3/b15-8+. The van der Waals surface area contributed by atoms with E-state index in [1.54, 1.807) is 60.7 Å². The predicted molar refractivity (Wildman–Crippen MR) is 116 cm³/mol. The van der Waals surface area contributed by atoms with Gasteiger partial charge in [-0.05, 0) is 60.2 Å². The zero-order chi connectivity index (χ0) is 21.5. The number of halogens is 1. The Bertz CT molecular complexity index is 1050. The molecule has 3 rings (SSSR count). The largest absolute Gasteiger partial charge is 0.496 e. The first-order valence-electron chi connectivity index (χ1n) is 9.03. The highest BCUT2D eigenvalue weighted by Crippen LogP contribution is 2.29. The fourth-order valence-corrected chi connectivity index (χ4v) is 2.87. The second-order valence-electron chi connectivity index (χ2n) is 6.20. The van der Waals surface area contributed by atoms with E-state index in [9.17, 15) is 9.59 Å². The third kappa shape index (κ3) is 5.07. The summed E-state index contributed by atoms with van der Waals surface area (Å²) in [7, 11) is 2.92. The van der Waals surface area contributed by atoms with Gasteiger partial charge >= 0.3 is 5.97 Å². The number of benzene rings is 3. The van der Waals surface area contributed by atoms with Crippen LogP contribution in [-0.2, 0) is 0 Å². The molecule has 0 spiro atoms. The van der Waals surface area contributed by atoms with Gasteiger partial charge in [-0.1, -0.05) is 35.9 Å². The van der Waals surface area contributed by atoms with Gasteiger partial charge in [0, 0.05) is 10.6 Å². The fourth-order valence-electron chi connectivity index (χ4n) is 2.74. The third-order valence-corrected chi connectivity index (χ3v) is 4.53. The molecule has 6 heteroatoms. The maximum absolute atomic E-state index is 12.6. The number of carbonyl (C=O) groups excluding carboxylic acids is 2. The Morgan fingerprint density at radius 1 is 0.833 bits per heavy atom. The van der Waals surface area contributed by atoms with E-state index in [2.05, 4.69) is 0 Å². The van der Waals surface area contributed by atoms with Crippen LogP contribution >= 0.6 is 11.6 Å². The first kappa shape index (κ1) is 21.1. The lowest BCUT2D eigenvalue weighted by Gasteiger charge is -2.12. The van der Waals surface area contributed by atoms with Crippen LogP contribution in [0.15, 0.2) is 72.8 Å². The van der Waals surface area contributed by atoms with Gasteiger partial charge in [0.1, 0.15) is 22.8 Å². The normalized spacial score (nSPS) is 10.6. The van der Waals surface area contributed by atoms with Crippen molar-refractivity contribution in [2.24, 2.45) is 0 Å². The second-order valence-corrected chi connectivity index (χ2v) is 6.64. The van der Waals surface area contributed by atoms with Crippen molar-refractivity contribution in [3.63, 3.8) is 0 Å². The van der Waals surface area contributed by atoms with Crippen molar-refractivity contribution in [1.29, 1.82) is 0 Å². The minimum Gasteiger partial charge on any atom is -0.496 e. The van der Waals surface area contributed by atoms with Crippen LogP contribution in [0.5, 0.6) is 17.2 Å². The number of carbonyl (C=O) groups is 2. The Labute approximate surface area is 179 Å². The Balaban J connectivity index is 1.71. The maximum Gasteiger partial charge on any atom is 0.351 e. The van der Waals surface area contributed by atoms with E-state index in [-0.39, 0.29) is 11.3 Å². The lowest BCUT2D eigenvalue weighted by molar-refractivity contribution is 0.0727. The molecule has 3 aromatic carbocycles. The number of rotatable bonds is 7. The van der Waals surface area contributed by atoms with Crippen molar-refractivity contribution in [3.05, 3.63) is 94.5 Å². The number of hydrogen-bond acceptors (Lipinski definition) is 5. The summed E-state index contributed by atoms with van der Waals surface area (Å²) in [5, 5.41) is 0.634. The molecule has 0 radical (unpaired) electrons. The Morgan fingerprint density at radius 3 is 2.00 bits per heavy atom. The van der Waals surface area contributed by atoms with Crippen LogP contribution in [0.4, 0.5) is 0 Å². The molecular weight excluding hydrogens is 404 g/mol. The number of allylic oxidation sites excluding steroid dienone is 1. The highest BCUT2D eigenvalue weighted by molar-refractivity contribution is 6.30. The molecule has 0 fully saturated rings. The van der Waals surface area contributed by atoms with Crippen LogP contribution in [0.2, 0.25) is 5.02 Å². The third-order valence-electron chi connectivity index (χ3n) is 4.28. The summed E-state index contributed by atoms with van der Waals surface area (Å²) in [4.78, 5) is 25.0. The van der Waals surface area contributed by atoms with Crippen molar-refractivity contribution >= 4 is 29.4 Å². The lowest BCUT2D eigenvalue weighted by atomic mass is 10.1. The molecule has 0 aliphatic rings. The van der Waals surface area contributed by atoms with Crippen molar-refractivity contribution < 1.29 is 23.8 Å². The van der Waals surface area contributed by atoms with Crippen molar-refractivity contribution in [1.82, 2.24) is 0 Å². The summed E-state index contributed by atoms with van der Waals surface area (Å²) in [6, 6.07) is 18.5. The summed E-state index contributed by atoms with van der Waals surface area (Å²) in [5.74, 6) is 0.198. The van der Waals surface area contributed by atoms with Gasteiger partial charge in [0.25, 0.3) is 0 Å². The van der Waals surface area contributed by atoms with Gasteiger partial charge in [0.05, 0.1) is 14.2 Å². The molecule has 5 nitrogen and oxygen atoms in total. The molecule has 0 unspecified atom stereocenters. The molecule has 0 N–H and O–H groups in total. The van der Waals surface area contributed by atoms with Crippen LogP contribution in [0, 0.1) is 0 Å². The van der Waals surface area contributed by atoms with Crippen LogP contribution in [0.25, 0.3) is 6.08 Å². The molecule has 0 saturated heterocycles. The molecule has 0 atom stereocenters. The minimum absolute atomic E-state index is 0.172. The number of hydrogen-bond donors (Lipinski definition) is 0. The van der Waals surface area contributed by atoms with E-state index < -0.39 is 5.97 Å². The van der Waals surface area contributed by atoms with Crippen molar-refractivity contribution in [2.75, 3.05) is 14.2 Å². The highest BCUT2D eigenvalue weighted by Gasteiger charge is 2.20. The second kappa shape index (κ2) is 9.76. The maximum atomic E-state index is 12.6. The zero-order valence-electron chi connectivity index (χ0n) is 16.4. The Morgan fingerprint density at radius 2 is 1.43 bits per heavy atom. The number of methoxy groups -OCH3 is 2. The van der Waals surface area contributed by atoms with Crippen LogP contribution in [-0.4, -0.2) is 26.0 Å². The molecule has 0 aliphatic heterocycles. The molecular formula is C24H19ClO5. The van der Waals surface area contributed by atoms with E-state index in [1.807, 2.05) is 12.1 Å². The first-order valence-corrected chi connectivity index (χ1v) is 9.41. The van der Waals surface area contributed by atoms with Crippen molar-refractivity contribution in [3.8, 4) is 17.2 Å². The number of ketones is 1. The molecule has 0 amide bonds. The van der Waals surface area contributed by atoms with Crippen molar-refractivity contribution in [2.45, 2.75) is 0 Å². The predicted octanol–water partition coefficient (Wildman–Crippen LogP) is 5.47. The SMILES string of the molecule is COc1cccc(OC)c1C(=O)Oc1ccc(C(=O)/C=C/c2ccc(Cl)cc2)cc1. The molecule has 0 aromatic heterocycles. The molecule has 30 heavy (non-hydrogen) atoms. The summed E-state index contributed by atoms with van der Waals surface area (Å²) in [6.45, 7) is 0. The minimum atomic E-state index is -0.619. The van der Waals surface area contributed by atoms with E-state index in [0.717, 1.165) is 5.56 Å². The summed E-state index contributed by atoms with van der Waals surface area (Å²) >= 11 is 5.85. The van der Waals surface area contributed by atoms with Gasteiger partial charge in [-0.15, -0.1) is 0 Å². The van der Waals surface area contributed by atoms with Crippen LogP contribution < -0.4 is 14.2 Å². The van der Waals surface area contributed by atoms with Crippen LogP contribution in [0.3, 0.4) is 0 Å². The Hall–Kier alpha value is -3.57. The van der Waals surface area contributed by atoms with E-state index in [1.165, 1.54) is 20.3 Å². The van der Waals surface area contributed by atoms with Gasteiger partial charge in [0.2, 0.25) is 0 Å². The molecule has 152 valence electrons. The smallest absolute Gasteiger partial charge is 0.351 e. The number of ether oxygens (including phenoxy) is 3. The summed E-state index contributed by atoms with van der Waals surface area (Å²) in [5.41, 5.74) is 1.52. The van der Waals surface area contributed by atoms with Gasteiger partial charge in [0.15, 0.2) is 5.78 Å². The van der Waals surface area contributed by atoms with E-state index in [4.69, 9.17) is 25.8 Å². The average molecular weight is 423 g/mol. The fraction of sp³-hybridized carbons (Fsp3) is 0.0833. The molecule has 0 bridgehead atoms. The molecule has 0 aliphatic carbocycles. The highest BCUT2D eigenvalue weighted by atomic mass is 35.5. The molecule has 0 saturated carbocycles. The molecule has 0 heterocycles. The monoisotopic (exact) mass is 422 g/mol. The summed E-state index contributed by atoms with van der Waals surface area (Å²) < 4.78 is 15.9.